The summed E-state index contributed by atoms with van der Waals surface area (Å²) in [5, 5.41) is 33.8. The molecule has 0 atom stereocenters. The number of carbonyl (C=O) groups is 2. The Morgan fingerprint density at radius 3 is 2.37 bits per heavy atom. The van der Waals surface area contributed by atoms with Gasteiger partial charge >= 0.3 is 5.97 Å². The molecule has 0 bridgehead atoms. The van der Waals surface area contributed by atoms with E-state index in [2.05, 4.69) is 5.32 Å². The standard InChI is InChI=1S/C23H16N4O7S/c1-14-2-6-18(7-3-14)35-21-9-4-15(11-20(21)27(32)33)23(29)34-13-22(28)25-19-8-5-17(26(30)31)10-16(19)12-24/h2-11H,13H2,1H3,(H,25,28). The number of anilines is 1. The predicted octanol–water partition coefficient (Wildman–Crippen LogP) is 4.63. The second kappa shape index (κ2) is 10.9. The van der Waals surface area contributed by atoms with E-state index >= 15 is 0 Å². The third-order valence-corrected chi connectivity index (χ3v) is 5.66. The first-order valence-electron chi connectivity index (χ1n) is 9.86. The Hall–Kier alpha value is -4.76. The van der Waals surface area contributed by atoms with E-state index < -0.39 is 28.3 Å². The van der Waals surface area contributed by atoms with Crippen LogP contribution < -0.4 is 5.32 Å². The van der Waals surface area contributed by atoms with Gasteiger partial charge in [-0.1, -0.05) is 29.5 Å². The van der Waals surface area contributed by atoms with Crippen LogP contribution in [-0.4, -0.2) is 28.3 Å². The molecule has 0 aliphatic heterocycles. The van der Waals surface area contributed by atoms with Gasteiger partial charge in [-0.2, -0.15) is 5.26 Å². The van der Waals surface area contributed by atoms with Gasteiger partial charge in [0.05, 0.1) is 31.6 Å². The van der Waals surface area contributed by atoms with Gasteiger partial charge in [0.15, 0.2) is 6.61 Å². The lowest BCUT2D eigenvalue weighted by Gasteiger charge is -2.09. The number of hydrogen-bond donors (Lipinski definition) is 1. The number of hydrogen-bond acceptors (Lipinski definition) is 9. The molecule has 11 nitrogen and oxygen atoms in total. The summed E-state index contributed by atoms with van der Waals surface area (Å²) in [4.78, 5) is 46.7. The number of nitrogens with one attached hydrogen (secondary N) is 1. The number of ether oxygens (including phenoxy) is 1. The topological polar surface area (TPSA) is 165 Å². The lowest BCUT2D eigenvalue weighted by molar-refractivity contribution is -0.387. The molecule has 0 spiro atoms. The summed E-state index contributed by atoms with van der Waals surface area (Å²) < 4.78 is 4.93. The van der Waals surface area contributed by atoms with E-state index in [4.69, 9.17) is 10.00 Å². The Balaban J connectivity index is 1.67. The smallest absolute Gasteiger partial charge is 0.338 e. The second-order valence-corrected chi connectivity index (χ2v) is 8.19. The first-order valence-corrected chi connectivity index (χ1v) is 10.7. The summed E-state index contributed by atoms with van der Waals surface area (Å²) in [6.07, 6.45) is 0. The number of non-ortho nitro benzene ring substituents is 1. The van der Waals surface area contributed by atoms with Crippen molar-refractivity contribution in [2.75, 3.05) is 11.9 Å². The molecule has 0 fully saturated rings. The van der Waals surface area contributed by atoms with Crippen LogP contribution in [0.5, 0.6) is 0 Å². The highest BCUT2D eigenvalue weighted by atomic mass is 32.2. The molecule has 0 aliphatic rings. The zero-order chi connectivity index (χ0) is 25.5. The van der Waals surface area contributed by atoms with E-state index in [1.165, 1.54) is 30.0 Å². The van der Waals surface area contributed by atoms with Gasteiger partial charge in [-0.05, 0) is 37.3 Å². The minimum absolute atomic E-state index is 0.00673. The van der Waals surface area contributed by atoms with Gasteiger partial charge in [0.1, 0.15) is 6.07 Å². The zero-order valence-corrected chi connectivity index (χ0v) is 18.9. The van der Waals surface area contributed by atoms with E-state index in [1.54, 1.807) is 6.07 Å². The minimum atomic E-state index is -0.959. The lowest BCUT2D eigenvalue weighted by Crippen LogP contribution is -2.21. The summed E-state index contributed by atoms with van der Waals surface area (Å²) in [6.45, 7) is 1.18. The predicted molar refractivity (Wildman–Crippen MR) is 125 cm³/mol. The number of rotatable bonds is 8. The van der Waals surface area contributed by atoms with Crippen LogP contribution in [0, 0.1) is 38.5 Å². The highest BCUT2D eigenvalue weighted by molar-refractivity contribution is 7.99. The molecule has 0 unspecified atom stereocenters. The molecule has 176 valence electrons. The fourth-order valence-corrected chi connectivity index (χ4v) is 3.75. The number of benzene rings is 3. The van der Waals surface area contributed by atoms with E-state index in [1.807, 2.05) is 31.2 Å². The van der Waals surface area contributed by atoms with Crippen molar-refractivity contribution in [2.24, 2.45) is 0 Å². The number of amides is 1. The largest absolute Gasteiger partial charge is 0.452 e. The summed E-state index contributed by atoms with van der Waals surface area (Å²) >= 11 is 1.17. The van der Waals surface area contributed by atoms with Gasteiger partial charge in [-0.15, -0.1) is 0 Å². The van der Waals surface area contributed by atoms with Crippen LogP contribution in [0.4, 0.5) is 17.1 Å². The van der Waals surface area contributed by atoms with Crippen LogP contribution in [0.3, 0.4) is 0 Å². The first kappa shape index (κ1) is 24.9. The average molecular weight is 492 g/mol. The number of nitro benzene ring substituents is 2. The Kier molecular flexibility index (Phi) is 7.75. The third kappa shape index (κ3) is 6.40. The van der Waals surface area contributed by atoms with Gasteiger partial charge in [-0.3, -0.25) is 25.0 Å². The van der Waals surface area contributed by atoms with Crippen LogP contribution in [0.15, 0.2) is 70.5 Å². The summed E-state index contributed by atoms with van der Waals surface area (Å²) in [5.41, 5.74) is 0.174. The molecule has 35 heavy (non-hydrogen) atoms. The van der Waals surface area contributed by atoms with E-state index in [-0.39, 0.29) is 28.2 Å². The van der Waals surface area contributed by atoms with Crippen molar-refractivity contribution in [3.63, 3.8) is 0 Å². The molecule has 0 aliphatic carbocycles. The maximum atomic E-state index is 12.4. The first-order chi connectivity index (χ1) is 16.7. The molecule has 0 radical (unpaired) electrons. The van der Waals surface area contributed by atoms with Crippen LogP contribution in [-0.2, 0) is 9.53 Å². The number of carbonyl (C=O) groups excluding carboxylic acids is 2. The molecule has 3 aromatic rings. The quantitative estimate of drug-likeness (QED) is 0.268. The Morgan fingerprint density at radius 1 is 1.03 bits per heavy atom. The number of nitro groups is 2. The van der Waals surface area contributed by atoms with Crippen LogP contribution >= 0.6 is 11.8 Å². The Bertz CT molecular complexity index is 1370. The third-order valence-electron chi connectivity index (χ3n) is 4.58. The van der Waals surface area contributed by atoms with Crippen LogP contribution in [0.25, 0.3) is 0 Å². The molecule has 1 amide bonds. The van der Waals surface area contributed by atoms with Crippen molar-refractivity contribution in [1.82, 2.24) is 0 Å². The highest BCUT2D eigenvalue weighted by Crippen LogP contribution is 2.35. The number of nitrogens with zero attached hydrogens (tertiary/aromatic N) is 3. The van der Waals surface area contributed by atoms with Crippen molar-refractivity contribution < 1.29 is 24.2 Å². The molecular weight excluding hydrogens is 476 g/mol. The second-order valence-electron chi connectivity index (χ2n) is 7.08. The van der Waals surface area contributed by atoms with Gasteiger partial charge in [0.2, 0.25) is 0 Å². The summed E-state index contributed by atoms with van der Waals surface area (Å²) in [7, 11) is 0. The summed E-state index contributed by atoms with van der Waals surface area (Å²) in [6, 6.07) is 16.3. The molecule has 0 aromatic heterocycles. The minimum Gasteiger partial charge on any atom is -0.452 e. The molecule has 3 aromatic carbocycles. The highest BCUT2D eigenvalue weighted by Gasteiger charge is 2.20. The molecule has 3 rings (SSSR count). The maximum Gasteiger partial charge on any atom is 0.338 e. The van der Waals surface area contributed by atoms with Gasteiger partial charge in [0.25, 0.3) is 17.3 Å². The van der Waals surface area contributed by atoms with Gasteiger partial charge < -0.3 is 10.1 Å². The molecule has 0 saturated carbocycles. The zero-order valence-electron chi connectivity index (χ0n) is 18.1. The molecule has 12 heteroatoms. The molecule has 1 N–H and O–H groups in total. The van der Waals surface area contributed by atoms with Crippen molar-refractivity contribution in [1.29, 1.82) is 5.26 Å². The van der Waals surface area contributed by atoms with E-state index in [9.17, 15) is 29.8 Å². The normalized spacial score (nSPS) is 10.2. The monoisotopic (exact) mass is 492 g/mol. The lowest BCUT2D eigenvalue weighted by atomic mass is 10.1. The van der Waals surface area contributed by atoms with Crippen LogP contribution in [0.1, 0.15) is 21.5 Å². The fraction of sp³-hybridized carbons (Fsp3) is 0.0870. The SMILES string of the molecule is Cc1ccc(Sc2ccc(C(=O)OCC(=O)Nc3ccc([N+](=O)[O-])cc3C#N)cc2[N+](=O)[O-])cc1. The van der Waals surface area contributed by atoms with E-state index in [0.717, 1.165) is 28.7 Å². The Labute approximate surface area is 202 Å². The number of esters is 1. The van der Waals surface area contributed by atoms with Crippen molar-refractivity contribution in [3.8, 4) is 6.07 Å². The summed E-state index contributed by atoms with van der Waals surface area (Å²) in [5.74, 6) is -1.76. The van der Waals surface area contributed by atoms with Crippen LogP contribution in [0.2, 0.25) is 0 Å². The molecule has 0 heterocycles. The van der Waals surface area contributed by atoms with Crippen molar-refractivity contribution >= 4 is 40.7 Å². The maximum absolute atomic E-state index is 12.4. The Morgan fingerprint density at radius 2 is 1.74 bits per heavy atom. The molecular formula is C23H16N4O7S. The fourth-order valence-electron chi connectivity index (χ4n) is 2.85. The molecule has 0 saturated heterocycles. The van der Waals surface area contributed by atoms with Gasteiger partial charge in [-0.25, -0.2) is 4.79 Å². The average Bonchev–Trinajstić information content (AvgIpc) is 2.84. The number of nitriles is 1. The number of aryl methyl sites for hydroxylation is 1. The van der Waals surface area contributed by atoms with Gasteiger partial charge in [0, 0.05) is 23.1 Å². The van der Waals surface area contributed by atoms with Crippen molar-refractivity contribution in [2.45, 2.75) is 16.7 Å². The van der Waals surface area contributed by atoms with Crippen molar-refractivity contribution in [3.05, 3.63) is 97.6 Å². The van der Waals surface area contributed by atoms with E-state index in [0.29, 0.717) is 4.90 Å².